The molecule has 0 fully saturated rings. The third-order valence-electron chi connectivity index (χ3n) is 2.32. The van der Waals surface area contributed by atoms with Crippen LogP contribution in [-0.4, -0.2) is 4.99 Å². The smallest absolute Gasteiger partial charge is 0.106 e. The van der Waals surface area contributed by atoms with E-state index < -0.39 is 0 Å². The topological polar surface area (TPSA) is 38.0 Å². The van der Waals surface area contributed by atoms with Gasteiger partial charge in [-0.15, -0.1) is 11.3 Å². The number of halogens is 2. The molecule has 2 rings (SSSR count). The molecule has 0 radical (unpaired) electrons. The molecule has 6 heteroatoms. The van der Waals surface area contributed by atoms with Gasteiger partial charge in [0.1, 0.15) is 4.99 Å². The maximum absolute atomic E-state index is 5.93. The number of anilines is 1. The minimum absolute atomic E-state index is 0.340. The van der Waals surface area contributed by atoms with Crippen molar-refractivity contribution in [2.24, 2.45) is 5.73 Å². The molecule has 0 unspecified atom stereocenters. The summed E-state index contributed by atoms with van der Waals surface area (Å²) in [5.74, 6) is 0. The summed E-state index contributed by atoms with van der Waals surface area (Å²) in [5, 5.41) is 5.99. The molecule has 1 aromatic heterocycles. The normalized spacial score (nSPS) is 10.3. The molecule has 0 aliphatic rings. The lowest BCUT2D eigenvalue weighted by atomic mass is 10.1. The lowest BCUT2D eigenvalue weighted by molar-refractivity contribution is 1.19. The van der Waals surface area contributed by atoms with Crippen LogP contribution in [0.1, 0.15) is 10.4 Å². The van der Waals surface area contributed by atoms with Crippen LogP contribution in [0.4, 0.5) is 5.69 Å². The number of thiocarbonyl (C=S) groups is 1. The minimum Gasteiger partial charge on any atom is -0.389 e. The average Bonchev–Trinajstić information content (AvgIpc) is 2.73. The van der Waals surface area contributed by atoms with Gasteiger partial charge in [-0.05, 0) is 40.2 Å². The fraction of sp³-hybridized carbons (Fsp3) is 0.0833. The van der Waals surface area contributed by atoms with E-state index in [1.807, 2.05) is 17.5 Å². The van der Waals surface area contributed by atoms with E-state index in [0.29, 0.717) is 10.0 Å². The number of hydrogen-bond acceptors (Lipinski definition) is 3. The van der Waals surface area contributed by atoms with Crippen molar-refractivity contribution in [2.45, 2.75) is 6.54 Å². The van der Waals surface area contributed by atoms with Crippen LogP contribution in [0.2, 0.25) is 5.02 Å². The van der Waals surface area contributed by atoms with Crippen LogP contribution >= 0.6 is 51.1 Å². The third kappa shape index (κ3) is 3.45. The molecule has 0 saturated heterocycles. The van der Waals surface area contributed by atoms with Crippen LogP contribution in [0.25, 0.3) is 0 Å². The number of hydrogen-bond donors (Lipinski definition) is 2. The second kappa shape index (κ2) is 6.02. The minimum atomic E-state index is 0.340. The second-order valence-corrected chi connectivity index (χ2v) is 6.43. The van der Waals surface area contributed by atoms with Crippen molar-refractivity contribution in [3.8, 4) is 0 Å². The molecule has 1 aromatic carbocycles. The van der Waals surface area contributed by atoms with Gasteiger partial charge in [0.2, 0.25) is 0 Å². The fourth-order valence-electron chi connectivity index (χ4n) is 1.50. The van der Waals surface area contributed by atoms with Gasteiger partial charge in [-0.1, -0.05) is 23.8 Å². The molecule has 0 aliphatic carbocycles. The van der Waals surface area contributed by atoms with Gasteiger partial charge in [0.05, 0.1) is 0 Å². The zero-order valence-electron chi connectivity index (χ0n) is 9.24. The Kier molecular flexibility index (Phi) is 4.61. The van der Waals surface area contributed by atoms with Crippen molar-refractivity contribution in [1.82, 2.24) is 0 Å². The Morgan fingerprint density at radius 2 is 2.22 bits per heavy atom. The lowest BCUT2D eigenvalue weighted by Gasteiger charge is -2.10. The molecule has 94 valence electrons. The van der Waals surface area contributed by atoms with E-state index in [1.54, 1.807) is 17.4 Å². The van der Waals surface area contributed by atoms with Crippen molar-refractivity contribution in [3.05, 3.63) is 49.6 Å². The molecular formula is C12H10BrClN2S2. The first kappa shape index (κ1) is 13.8. The fourth-order valence-corrected chi connectivity index (χ4v) is 3.24. The Bertz CT molecular complexity index is 583. The van der Waals surface area contributed by atoms with Gasteiger partial charge in [0, 0.05) is 37.5 Å². The predicted octanol–water partition coefficient (Wildman–Crippen LogP) is 4.41. The van der Waals surface area contributed by atoms with E-state index in [0.717, 1.165) is 22.3 Å². The molecule has 0 spiro atoms. The van der Waals surface area contributed by atoms with Crippen molar-refractivity contribution in [3.63, 3.8) is 0 Å². The van der Waals surface area contributed by atoms with Gasteiger partial charge >= 0.3 is 0 Å². The van der Waals surface area contributed by atoms with E-state index >= 15 is 0 Å². The molecular weight excluding hydrogens is 352 g/mol. The Hall–Kier alpha value is -0.620. The van der Waals surface area contributed by atoms with E-state index in [1.165, 1.54) is 4.88 Å². The highest BCUT2D eigenvalue weighted by Crippen LogP contribution is 2.24. The van der Waals surface area contributed by atoms with Gasteiger partial charge in [0.15, 0.2) is 0 Å². The summed E-state index contributed by atoms with van der Waals surface area (Å²) in [6.07, 6.45) is 0. The third-order valence-corrected chi connectivity index (χ3v) is 4.47. The summed E-state index contributed by atoms with van der Waals surface area (Å²) < 4.78 is 1.09. The molecule has 1 heterocycles. The number of thiophene rings is 1. The molecule has 2 aromatic rings. The average molecular weight is 362 g/mol. The van der Waals surface area contributed by atoms with Crippen molar-refractivity contribution in [2.75, 3.05) is 5.32 Å². The molecule has 0 amide bonds. The first-order valence-electron chi connectivity index (χ1n) is 5.12. The SMILES string of the molecule is NC(=S)c1cc(Cl)ccc1NCc1cc(Br)cs1. The maximum atomic E-state index is 5.93. The monoisotopic (exact) mass is 360 g/mol. The summed E-state index contributed by atoms with van der Waals surface area (Å²) in [5.41, 5.74) is 7.36. The Labute approximate surface area is 128 Å². The Morgan fingerprint density at radius 3 is 2.83 bits per heavy atom. The molecule has 2 nitrogen and oxygen atoms in total. The van der Waals surface area contributed by atoms with Crippen LogP contribution in [0.3, 0.4) is 0 Å². The molecule has 3 N–H and O–H groups in total. The van der Waals surface area contributed by atoms with Crippen LogP contribution in [0.15, 0.2) is 34.1 Å². The van der Waals surface area contributed by atoms with Crippen LogP contribution < -0.4 is 11.1 Å². The van der Waals surface area contributed by atoms with Gasteiger partial charge in [-0.2, -0.15) is 0 Å². The molecule has 0 atom stereocenters. The predicted molar refractivity (Wildman–Crippen MR) is 86.7 cm³/mol. The Balaban J connectivity index is 2.16. The van der Waals surface area contributed by atoms with E-state index in [9.17, 15) is 0 Å². The summed E-state index contributed by atoms with van der Waals surface area (Å²) in [7, 11) is 0. The maximum Gasteiger partial charge on any atom is 0.106 e. The summed E-state index contributed by atoms with van der Waals surface area (Å²) in [4.78, 5) is 1.57. The van der Waals surface area contributed by atoms with Crippen molar-refractivity contribution >= 4 is 61.8 Å². The number of rotatable bonds is 4. The zero-order chi connectivity index (χ0) is 13.1. The number of nitrogens with one attached hydrogen (secondary N) is 1. The Morgan fingerprint density at radius 1 is 1.44 bits per heavy atom. The van der Waals surface area contributed by atoms with Crippen molar-refractivity contribution < 1.29 is 0 Å². The van der Waals surface area contributed by atoms with Crippen LogP contribution in [0.5, 0.6) is 0 Å². The zero-order valence-corrected chi connectivity index (χ0v) is 13.2. The summed E-state index contributed by atoms with van der Waals surface area (Å²) in [6.45, 7) is 0.730. The van der Waals surface area contributed by atoms with E-state index in [4.69, 9.17) is 29.6 Å². The van der Waals surface area contributed by atoms with Crippen LogP contribution in [0, 0.1) is 0 Å². The van der Waals surface area contributed by atoms with Crippen molar-refractivity contribution in [1.29, 1.82) is 0 Å². The van der Waals surface area contributed by atoms with Gasteiger partial charge in [0.25, 0.3) is 0 Å². The molecule has 0 saturated carbocycles. The van der Waals surface area contributed by atoms with E-state index in [-0.39, 0.29) is 0 Å². The number of nitrogens with two attached hydrogens (primary N) is 1. The first-order valence-corrected chi connectivity index (χ1v) is 7.58. The standard InChI is InChI=1S/C12H10BrClN2S2/c13-7-3-9(18-6-7)5-16-11-2-1-8(14)4-10(11)12(15)17/h1-4,6,16H,5H2,(H2,15,17). The molecule has 0 bridgehead atoms. The van der Waals surface area contributed by atoms with Crippen LogP contribution in [-0.2, 0) is 6.54 Å². The summed E-state index contributed by atoms with van der Waals surface area (Å²) in [6, 6.07) is 7.56. The lowest BCUT2D eigenvalue weighted by Crippen LogP contribution is -2.13. The first-order chi connectivity index (χ1) is 8.56. The highest BCUT2D eigenvalue weighted by molar-refractivity contribution is 9.10. The largest absolute Gasteiger partial charge is 0.389 e. The quantitative estimate of drug-likeness (QED) is 0.792. The second-order valence-electron chi connectivity index (χ2n) is 3.64. The number of benzene rings is 1. The molecule has 18 heavy (non-hydrogen) atoms. The van der Waals surface area contributed by atoms with E-state index in [2.05, 4.69) is 27.3 Å². The molecule has 0 aliphatic heterocycles. The highest BCUT2D eigenvalue weighted by atomic mass is 79.9. The summed E-state index contributed by atoms with van der Waals surface area (Å²) >= 11 is 16.1. The van der Waals surface area contributed by atoms with Gasteiger partial charge in [-0.3, -0.25) is 0 Å². The van der Waals surface area contributed by atoms with Gasteiger partial charge in [-0.25, -0.2) is 0 Å². The van der Waals surface area contributed by atoms with Gasteiger partial charge < -0.3 is 11.1 Å². The highest BCUT2D eigenvalue weighted by Gasteiger charge is 2.06.